The van der Waals surface area contributed by atoms with Crippen LogP contribution >= 0.6 is 0 Å². The Morgan fingerprint density at radius 1 is 1.53 bits per heavy atom. The SMILES string of the molecule is CCCn1nccc1C(N)COCC(F)(F)F. The monoisotopic (exact) mass is 251 g/mol. The van der Waals surface area contributed by atoms with Crippen molar-refractivity contribution in [3.05, 3.63) is 18.0 Å². The van der Waals surface area contributed by atoms with Crippen LogP contribution in [-0.4, -0.2) is 29.2 Å². The number of nitrogens with zero attached hydrogens (tertiary/aromatic N) is 2. The van der Waals surface area contributed by atoms with Crippen LogP contribution in [0.25, 0.3) is 0 Å². The van der Waals surface area contributed by atoms with Crippen LogP contribution in [0.15, 0.2) is 12.3 Å². The van der Waals surface area contributed by atoms with E-state index in [9.17, 15) is 13.2 Å². The molecule has 1 aromatic heterocycles. The van der Waals surface area contributed by atoms with Crippen molar-refractivity contribution in [1.29, 1.82) is 0 Å². The van der Waals surface area contributed by atoms with Gasteiger partial charge in [-0.2, -0.15) is 18.3 Å². The van der Waals surface area contributed by atoms with E-state index >= 15 is 0 Å². The molecule has 0 aliphatic carbocycles. The molecule has 7 heteroatoms. The van der Waals surface area contributed by atoms with Gasteiger partial charge in [0, 0.05) is 12.7 Å². The zero-order valence-electron chi connectivity index (χ0n) is 9.57. The first kappa shape index (κ1) is 14.0. The predicted octanol–water partition coefficient (Wildman–Crippen LogP) is 1.87. The lowest BCUT2D eigenvalue weighted by Crippen LogP contribution is -2.25. The van der Waals surface area contributed by atoms with Crippen molar-refractivity contribution in [3.8, 4) is 0 Å². The highest BCUT2D eigenvalue weighted by Crippen LogP contribution is 2.16. The minimum absolute atomic E-state index is 0.172. The van der Waals surface area contributed by atoms with Crippen molar-refractivity contribution >= 4 is 0 Å². The van der Waals surface area contributed by atoms with Gasteiger partial charge in [-0.1, -0.05) is 6.92 Å². The Morgan fingerprint density at radius 2 is 2.24 bits per heavy atom. The van der Waals surface area contributed by atoms with Crippen molar-refractivity contribution in [3.63, 3.8) is 0 Å². The van der Waals surface area contributed by atoms with E-state index in [-0.39, 0.29) is 6.61 Å². The fourth-order valence-corrected chi connectivity index (χ4v) is 1.44. The van der Waals surface area contributed by atoms with Gasteiger partial charge < -0.3 is 10.5 Å². The molecule has 1 unspecified atom stereocenters. The molecule has 0 fully saturated rings. The third-order valence-electron chi connectivity index (χ3n) is 2.13. The lowest BCUT2D eigenvalue weighted by Gasteiger charge is -2.15. The molecule has 1 heterocycles. The van der Waals surface area contributed by atoms with E-state index < -0.39 is 18.8 Å². The topological polar surface area (TPSA) is 53.1 Å². The molecule has 0 amide bonds. The van der Waals surface area contributed by atoms with Gasteiger partial charge in [0.1, 0.15) is 6.61 Å². The normalized spacial score (nSPS) is 13.9. The van der Waals surface area contributed by atoms with Gasteiger partial charge in [0.15, 0.2) is 0 Å². The van der Waals surface area contributed by atoms with E-state index in [1.165, 1.54) is 0 Å². The third-order valence-corrected chi connectivity index (χ3v) is 2.13. The largest absolute Gasteiger partial charge is 0.411 e. The maximum absolute atomic E-state index is 11.9. The number of halogens is 3. The third kappa shape index (κ3) is 4.74. The van der Waals surface area contributed by atoms with Gasteiger partial charge in [-0.15, -0.1) is 0 Å². The van der Waals surface area contributed by atoms with Crippen LogP contribution in [0, 0.1) is 0 Å². The Labute approximate surface area is 97.5 Å². The molecule has 0 spiro atoms. The molecule has 1 rings (SSSR count). The molecule has 0 aromatic carbocycles. The fourth-order valence-electron chi connectivity index (χ4n) is 1.44. The minimum atomic E-state index is -4.32. The zero-order chi connectivity index (χ0) is 12.9. The average Bonchev–Trinajstić information content (AvgIpc) is 2.64. The van der Waals surface area contributed by atoms with Gasteiger partial charge in [-0.25, -0.2) is 0 Å². The molecule has 0 saturated carbocycles. The lowest BCUT2D eigenvalue weighted by molar-refractivity contribution is -0.174. The quantitative estimate of drug-likeness (QED) is 0.839. The molecule has 2 N–H and O–H groups in total. The first-order chi connectivity index (χ1) is 7.94. The van der Waals surface area contributed by atoms with Gasteiger partial charge in [0.2, 0.25) is 0 Å². The van der Waals surface area contributed by atoms with Crippen LogP contribution in [0.4, 0.5) is 13.2 Å². The number of hydrogen-bond donors (Lipinski definition) is 1. The standard InChI is InChI=1S/C10H16F3N3O/c1-2-5-16-9(3-4-15-16)8(14)6-17-7-10(11,12)13/h3-4,8H,2,5-7,14H2,1H3. The van der Waals surface area contributed by atoms with Gasteiger partial charge in [0.25, 0.3) is 0 Å². The molecule has 4 nitrogen and oxygen atoms in total. The number of nitrogens with two attached hydrogens (primary N) is 1. The zero-order valence-corrected chi connectivity index (χ0v) is 9.57. The summed E-state index contributed by atoms with van der Waals surface area (Å²) in [4.78, 5) is 0. The fraction of sp³-hybridized carbons (Fsp3) is 0.700. The Bertz CT molecular complexity index is 338. The number of alkyl halides is 3. The summed E-state index contributed by atoms with van der Waals surface area (Å²) >= 11 is 0. The molecule has 0 radical (unpaired) electrons. The Balaban J connectivity index is 2.46. The molecular weight excluding hydrogens is 235 g/mol. The van der Waals surface area contributed by atoms with Gasteiger partial charge in [0.05, 0.1) is 18.3 Å². The van der Waals surface area contributed by atoms with Crippen LogP contribution in [0.1, 0.15) is 25.1 Å². The summed E-state index contributed by atoms with van der Waals surface area (Å²) in [6.07, 6.45) is -1.86. The highest BCUT2D eigenvalue weighted by molar-refractivity contribution is 5.06. The molecule has 0 bridgehead atoms. The highest BCUT2D eigenvalue weighted by Gasteiger charge is 2.28. The summed E-state index contributed by atoms with van der Waals surface area (Å²) in [6, 6.07) is 1.10. The van der Waals surface area contributed by atoms with E-state index in [1.54, 1.807) is 16.9 Å². The molecule has 98 valence electrons. The number of aryl methyl sites for hydroxylation is 1. The van der Waals surface area contributed by atoms with Crippen LogP contribution in [0.2, 0.25) is 0 Å². The van der Waals surface area contributed by atoms with E-state index in [2.05, 4.69) is 9.84 Å². The summed E-state index contributed by atoms with van der Waals surface area (Å²) in [7, 11) is 0. The van der Waals surface area contributed by atoms with Crippen molar-refractivity contribution < 1.29 is 17.9 Å². The summed E-state index contributed by atoms with van der Waals surface area (Å²) in [5, 5.41) is 4.04. The second kappa shape index (κ2) is 6.02. The lowest BCUT2D eigenvalue weighted by atomic mass is 10.2. The molecule has 1 aromatic rings. The van der Waals surface area contributed by atoms with Crippen LogP contribution < -0.4 is 5.73 Å². The highest BCUT2D eigenvalue weighted by atomic mass is 19.4. The first-order valence-corrected chi connectivity index (χ1v) is 5.36. The van der Waals surface area contributed by atoms with Gasteiger partial charge in [-0.3, -0.25) is 4.68 Å². The smallest absolute Gasteiger partial charge is 0.370 e. The number of ether oxygens (including phenoxy) is 1. The molecular formula is C10H16F3N3O. The maximum atomic E-state index is 11.9. The average molecular weight is 251 g/mol. The second-order valence-corrected chi connectivity index (χ2v) is 3.72. The molecule has 1 atom stereocenters. The van der Waals surface area contributed by atoms with Gasteiger partial charge >= 0.3 is 6.18 Å². The Kier molecular flexibility index (Phi) is 4.95. The summed E-state index contributed by atoms with van der Waals surface area (Å²) in [5.41, 5.74) is 6.44. The van der Waals surface area contributed by atoms with Crippen LogP contribution in [-0.2, 0) is 11.3 Å². The number of rotatable bonds is 6. The molecule has 17 heavy (non-hydrogen) atoms. The summed E-state index contributed by atoms with van der Waals surface area (Å²) < 4.78 is 41.8. The minimum Gasteiger partial charge on any atom is -0.370 e. The predicted molar refractivity (Wildman–Crippen MR) is 56.3 cm³/mol. The molecule has 0 saturated heterocycles. The second-order valence-electron chi connectivity index (χ2n) is 3.72. The summed E-state index contributed by atoms with van der Waals surface area (Å²) in [6.45, 7) is 1.23. The van der Waals surface area contributed by atoms with Crippen LogP contribution in [0.3, 0.4) is 0 Å². The van der Waals surface area contributed by atoms with Crippen molar-refractivity contribution in [2.24, 2.45) is 5.73 Å². The maximum Gasteiger partial charge on any atom is 0.411 e. The first-order valence-electron chi connectivity index (χ1n) is 5.36. The van der Waals surface area contributed by atoms with E-state index in [0.29, 0.717) is 12.2 Å². The summed E-state index contributed by atoms with van der Waals surface area (Å²) in [5.74, 6) is 0. The van der Waals surface area contributed by atoms with Crippen LogP contribution in [0.5, 0.6) is 0 Å². The number of aromatic nitrogens is 2. The van der Waals surface area contributed by atoms with E-state index in [0.717, 1.165) is 6.42 Å². The van der Waals surface area contributed by atoms with Crippen molar-refractivity contribution in [2.45, 2.75) is 32.1 Å². The van der Waals surface area contributed by atoms with E-state index in [1.807, 2.05) is 6.92 Å². The van der Waals surface area contributed by atoms with Crippen molar-refractivity contribution in [1.82, 2.24) is 9.78 Å². The Hall–Kier alpha value is -1.08. The Morgan fingerprint density at radius 3 is 2.82 bits per heavy atom. The molecule has 0 aliphatic heterocycles. The van der Waals surface area contributed by atoms with E-state index in [4.69, 9.17) is 5.73 Å². The molecule has 0 aliphatic rings. The van der Waals surface area contributed by atoms with Gasteiger partial charge in [-0.05, 0) is 12.5 Å². The van der Waals surface area contributed by atoms with Crippen molar-refractivity contribution in [2.75, 3.05) is 13.2 Å². The number of hydrogen-bond acceptors (Lipinski definition) is 3.